The third-order valence-corrected chi connectivity index (χ3v) is 10.3. The summed E-state index contributed by atoms with van der Waals surface area (Å²) in [6, 6.07) is 61.4. The molecule has 0 spiro atoms. The highest BCUT2D eigenvalue weighted by Crippen LogP contribution is 2.44. The fourth-order valence-corrected chi connectivity index (χ4v) is 7.80. The van der Waals surface area contributed by atoms with Crippen molar-refractivity contribution in [1.82, 2.24) is 0 Å². The molecule has 52 heavy (non-hydrogen) atoms. The van der Waals surface area contributed by atoms with Gasteiger partial charge in [-0.3, -0.25) is 0 Å². The number of rotatable bonds is 5. The predicted octanol–water partition coefficient (Wildman–Crippen LogP) is 14.2. The molecule has 11 rings (SSSR count). The van der Waals surface area contributed by atoms with Crippen molar-refractivity contribution in [3.8, 4) is 22.3 Å². The maximum Gasteiger partial charge on any atom is 0.137 e. The maximum absolute atomic E-state index is 6.47. The van der Waals surface area contributed by atoms with E-state index in [1.54, 1.807) is 0 Å². The Kier molecular flexibility index (Phi) is 6.22. The van der Waals surface area contributed by atoms with Crippen LogP contribution in [0.5, 0.6) is 0 Å². The first kappa shape index (κ1) is 28.8. The maximum atomic E-state index is 6.47. The number of hydrogen-bond donors (Lipinski definition) is 0. The topological polar surface area (TPSA) is 42.7 Å². The van der Waals surface area contributed by atoms with Crippen molar-refractivity contribution in [3.05, 3.63) is 176 Å². The Hall–Kier alpha value is -7.04. The fourth-order valence-electron chi connectivity index (χ4n) is 7.80. The second kappa shape index (κ2) is 11.2. The highest BCUT2D eigenvalue weighted by molar-refractivity contribution is 6.15. The van der Waals surface area contributed by atoms with Gasteiger partial charge in [0.1, 0.15) is 33.5 Å². The number of hydrogen-bond acceptors (Lipinski definition) is 4. The molecule has 0 radical (unpaired) electrons. The molecule has 0 aliphatic carbocycles. The molecule has 3 heterocycles. The van der Waals surface area contributed by atoms with E-state index in [9.17, 15) is 0 Å². The van der Waals surface area contributed by atoms with Crippen molar-refractivity contribution in [2.45, 2.75) is 0 Å². The van der Waals surface area contributed by atoms with Crippen LogP contribution >= 0.6 is 0 Å². The van der Waals surface area contributed by atoms with Crippen LogP contribution in [0.25, 0.3) is 88.1 Å². The van der Waals surface area contributed by atoms with Gasteiger partial charge in [-0.25, -0.2) is 0 Å². The smallest absolute Gasteiger partial charge is 0.137 e. The molecule has 8 aromatic carbocycles. The summed E-state index contributed by atoms with van der Waals surface area (Å²) in [6.07, 6.45) is 0. The van der Waals surface area contributed by atoms with Gasteiger partial charge in [0, 0.05) is 38.3 Å². The van der Waals surface area contributed by atoms with E-state index >= 15 is 0 Å². The molecule has 11 aromatic rings. The second-order valence-corrected chi connectivity index (χ2v) is 13.3. The number of para-hydroxylation sites is 3. The molecule has 0 fully saturated rings. The van der Waals surface area contributed by atoms with E-state index in [0.29, 0.717) is 0 Å². The zero-order valence-corrected chi connectivity index (χ0v) is 27.9. The normalized spacial score (nSPS) is 11.8. The predicted molar refractivity (Wildman–Crippen MR) is 214 cm³/mol. The van der Waals surface area contributed by atoms with Gasteiger partial charge < -0.3 is 18.2 Å². The molecule has 0 unspecified atom stereocenters. The molecule has 0 bridgehead atoms. The first-order valence-corrected chi connectivity index (χ1v) is 17.5. The van der Waals surface area contributed by atoms with Gasteiger partial charge >= 0.3 is 0 Å². The molecule has 4 nitrogen and oxygen atoms in total. The van der Waals surface area contributed by atoms with Gasteiger partial charge in [0.2, 0.25) is 0 Å². The number of nitrogens with zero attached hydrogens (tertiary/aromatic N) is 1. The third kappa shape index (κ3) is 4.48. The molecule has 0 atom stereocenters. The van der Waals surface area contributed by atoms with Crippen LogP contribution < -0.4 is 4.90 Å². The summed E-state index contributed by atoms with van der Waals surface area (Å²) in [5.74, 6) is 0. The molecule has 4 heteroatoms. The largest absolute Gasteiger partial charge is 0.456 e. The van der Waals surface area contributed by atoms with Crippen LogP contribution in [0.15, 0.2) is 189 Å². The van der Waals surface area contributed by atoms with Crippen LogP contribution in [0.2, 0.25) is 0 Å². The molecule has 0 aliphatic rings. The molecule has 0 amide bonds. The minimum atomic E-state index is 0.853. The quantitative estimate of drug-likeness (QED) is 0.183. The van der Waals surface area contributed by atoms with Crippen LogP contribution in [0.3, 0.4) is 0 Å². The van der Waals surface area contributed by atoms with Gasteiger partial charge in [0.05, 0.1) is 11.1 Å². The molecule has 0 saturated carbocycles. The molecular formula is C48H29NO3. The average molecular weight is 668 g/mol. The van der Waals surface area contributed by atoms with Crippen molar-refractivity contribution in [2.24, 2.45) is 0 Å². The Morgan fingerprint density at radius 3 is 1.42 bits per heavy atom. The zero-order valence-electron chi connectivity index (χ0n) is 27.9. The Morgan fingerprint density at radius 1 is 0.288 bits per heavy atom. The summed E-state index contributed by atoms with van der Waals surface area (Å²) in [6.45, 7) is 0. The van der Waals surface area contributed by atoms with Crippen molar-refractivity contribution >= 4 is 82.9 Å². The molecule has 0 aliphatic heterocycles. The lowest BCUT2D eigenvalue weighted by Crippen LogP contribution is -2.09. The van der Waals surface area contributed by atoms with Crippen molar-refractivity contribution < 1.29 is 13.3 Å². The van der Waals surface area contributed by atoms with Crippen LogP contribution in [0, 0.1) is 0 Å². The molecule has 3 aromatic heterocycles. The van der Waals surface area contributed by atoms with E-state index in [2.05, 4.69) is 169 Å². The number of benzene rings is 8. The first-order chi connectivity index (χ1) is 25.7. The highest BCUT2D eigenvalue weighted by atomic mass is 16.3. The molecule has 244 valence electrons. The Labute approximate surface area is 298 Å². The van der Waals surface area contributed by atoms with E-state index in [0.717, 1.165) is 105 Å². The van der Waals surface area contributed by atoms with Gasteiger partial charge in [-0.1, -0.05) is 84.9 Å². The van der Waals surface area contributed by atoms with Crippen LogP contribution in [-0.2, 0) is 0 Å². The van der Waals surface area contributed by atoms with Crippen LogP contribution in [-0.4, -0.2) is 0 Å². The highest BCUT2D eigenvalue weighted by Gasteiger charge is 2.20. The summed E-state index contributed by atoms with van der Waals surface area (Å²) in [4.78, 5) is 2.30. The molecular weight excluding hydrogens is 639 g/mol. The molecule has 0 N–H and O–H groups in total. The summed E-state index contributed by atoms with van der Waals surface area (Å²) in [7, 11) is 0. The summed E-state index contributed by atoms with van der Waals surface area (Å²) in [5.41, 5.74) is 12.9. The van der Waals surface area contributed by atoms with Gasteiger partial charge in [-0.2, -0.15) is 0 Å². The van der Waals surface area contributed by atoms with E-state index in [1.165, 1.54) is 0 Å². The van der Waals surface area contributed by atoms with E-state index < -0.39 is 0 Å². The van der Waals surface area contributed by atoms with Gasteiger partial charge in [0.25, 0.3) is 0 Å². The summed E-state index contributed by atoms with van der Waals surface area (Å²) >= 11 is 0. The van der Waals surface area contributed by atoms with Crippen LogP contribution in [0.1, 0.15) is 0 Å². The Bertz CT molecular complexity index is 3090. The Balaban J connectivity index is 1.04. The lowest BCUT2D eigenvalue weighted by Gasteiger charge is -2.26. The number of anilines is 3. The fraction of sp³-hybridized carbons (Fsp3) is 0. The van der Waals surface area contributed by atoms with Crippen molar-refractivity contribution in [1.29, 1.82) is 0 Å². The standard InChI is InChI=1S/C48H29NO3/c1-3-10-34(11-4-1)49(35-12-5-2-6-13-35)41-15-9-17-46-48(41)40-28-32(21-25-45(40)51-46)30-19-23-43-38(26-30)39-27-31(20-24-44(39)50-43)33-18-22-37-36-14-7-8-16-42(36)52-47(37)29-33/h1-29H. The SMILES string of the molecule is c1ccc(N(c2ccccc2)c2cccc3oc4ccc(-c5ccc6oc7ccc(-c8ccc9c(c8)oc8ccccc89)cc7c6c5)cc4c23)cc1. The van der Waals surface area contributed by atoms with E-state index in [4.69, 9.17) is 13.3 Å². The molecule has 0 saturated heterocycles. The lowest BCUT2D eigenvalue weighted by molar-refractivity contribution is 0.668. The lowest BCUT2D eigenvalue weighted by atomic mass is 9.98. The minimum absolute atomic E-state index is 0.853. The van der Waals surface area contributed by atoms with Crippen LogP contribution in [0.4, 0.5) is 17.1 Å². The third-order valence-electron chi connectivity index (χ3n) is 10.3. The summed E-state index contributed by atoms with van der Waals surface area (Å²) in [5, 5.41) is 6.57. The van der Waals surface area contributed by atoms with E-state index in [1.807, 2.05) is 12.1 Å². The monoisotopic (exact) mass is 667 g/mol. The zero-order chi connectivity index (χ0) is 34.2. The van der Waals surface area contributed by atoms with Gasteiger partial charge in [0.15, 0.2) is 0 Å². The van der Waals surface area contributed by atoms with Gasteiger partial charge in [-0.15, -0.1) is 0 Å². The number of fused-ring (bicyclic) bond motifs is 9. The Morgan fingerprint density at radius 2 is 0.750 bits per heavy atom. The van der Waals surface area contributed by atoms with Crippen molar-refractivity contribution in [3.63, 3.8) is 0 Å². The average Bonchev–Trinajstić information content (AvgIpc) is 3.89. The van der Waals surface area contributed by atoms with Gasteiger partial charge in [-0.05, 0) is 113 Å². The first-order valence-electron chi connectivity index (χ1n) is 17.5. The number of furan rings is 3. The second-order valence-electron chi connectivity index (χ2n) is 13.3. The summed E-state index contributed by atoms with van der Waals surface area (Å²) < 4.78 is 19.0. The van der Waals surface area contributed by atoms with E-state index in [-0.39, 0.29) is 0 Å². The minimum Gasteiger partial charge on any atom is -0.456 e. The van der Waals surface area contributed by atoms with Crippen molar-refractivity contribution in [2.75, 3.05) is 4.90 Å².